The van der Waals surface area contributed by atoms with Crippen LogP contribution in [0.2, 0.25) is 0 Å². The molecule has 278 valence electrons. The van der Waals surface area contributed by atoms with E-state index in [1.807, 2.05) is 39.2 Å². The fraction of sp³-hybridized carbons (Fsp3) is 0.595. The maximum absolute atomic E-state index is 12.7. The van der Waals surface area contributed by atoms with Gasteiger partial charge in [0.05, 0.1) is 11.5 Å². The molecule has 0 bridgehead atoms. The number of benzene rings is 1. The summed E-state index contributed by atoms with van der Waals surface area (Å²) in [6.07, 6.45) is 11.3. The van der Waals surface area contributed by atoms with E-state index in [4.69, 9.17) is 11.0 Å². The van der Waals surface area contributed by atoms with Crippen LogP contribution in [0.15, 0.2) is 72.0 Å². The average Bonchev–Trinajstić information content (AvgIpc) is 3.62. The number of carbonyl (C=O) groups excluding carboxylic acids is 1. The van der Waals surface area contributed by atoms with E-state index >= 15 is 0 Å². The molecule has 1 aromatic rings. The average molecular weight is 688 g/mol. The number of piperidine rings is 1. The predicted octanol–water partition coefficient (Wildman–Crippen LogP) is 7.75. The van der Waals surface area contributed by atoms with E-state index in [1.54, 1.807) is 26.0 Å². The van der Waals surface area contributed by atoms with E-state index in [2.05, 4.69) is 86.2 Å². The molecule has 2 aliphatic carbocycles. The van der Waals surface area contributed by atoms with E-state index in [0.717, 1.165) is 86.7 Å². The lowest BCUT2D eigenvalue weighted by Crippen LogP contribution is -2.46. The number of likely N-dealkylation sites (tertiary alicyclic amines) is 1. The number of nitriles is 1. The highest BCUT2D eigenvalue weighted by atomic mass is 16.2. The SMILES string of the molecule is C=CC1=C(CCCC(=C)NC)C(CCNCC)(C(N)=NC)c2ccc(C(=O)N(C)C)cc2CC1.C=CN1C(C#N)CC2C(C)C21.CC.CCC. The van der Waals surface area contributed by atoms with Crippen LogP contribution in [0.5, 0.6) is 0 Å². The minimum absolute atomic E-state index is 0.00475. The van der Waals surface area contributed by atoms with Gasteiger partial charge in [-0.3, -0.25) is 9.79 Å². The molecule has 5 unspecified atom stereocenters. The Morgan fingerprint density at radius 3 is 2.40 bits per heavy atom. The minimum Gasteiger partial charge on any atom is -0.392 e. The molecule has 1 amide bonds. The Morgan fingerprint density at radius 1 is 1.22 bits per heavy atom. The number of nitrogens with two attached hydrogens (primary N) is 1. The molecular formula is C42H69N7O. The third kappa shape index (κ3) is 10.6. The predicted molar refractivity (Wildman–Crippen MR) is 214 cm³/mol. The van der Waals surface area contributed by atoms with Gasteiger partial charge in [-0.1, -0.05) is 79.8 Å². The molecule has 1 aliphatic heterocycles. The molecule has 50 heavy (non-hydrogen) atoms. The number of hydrogen-bond donors (Lipinski definition) is 3. The van der Waals surface area contributed by atoms with Gasteiger partial charge in [0.2, 0.25) is 0 Å². The van der Waals surface area contributed by atoms with Crippen LogP contribution in [0.3, 0.4) is 0 Å². The third-order valence-electron chi connectivity index (χ3n) is 9.97. The first kappa shape index (κ1) is 44.2. The second-order valence-electron chi connectivity index (χ2n) is 13.3. The van der Waals surface area contributed by atoms with Gasteiger partial charge in [-0.15, -0.1) is 0 Å². The molecule has 0 radical (unpaired) electrons. The van der Waals surface area contributed by atoms with E-state index in [1.165, 1.54) is 17.6 Å². The zero-order valence-electron chi connectivity index (χ0n) is 33.2. The van der Waals surface area contributed by atoms with Crippen molar-refractivity contribution < 1.29 is 4.79 Å². The van der Waals surface area contributed by atoms with Crippen molar-refractivity contribution in [2.24, 2.45) is 22.6 Å². The van der Waals surface area contributed by atoms with Gasteiger partial charge in [0.15, 0.2) is 0 Å². The van der Waals surface area contributed by atoms with Crippen LogP contribution in [-0.4, -0.2) is 74.9 Å². The van der Waals surface area contributed by atoms with Crippen molar-refractivity contribution in [3.63, 3.8) is 0 Å². The second kappa shape index (κ2) is 22.1. The van der Waals surface area contributed by atoms with E-state index < -0.39 is 5.41 Å². The second-order valence-corrected chi connectivity index (χ2v) is 13.3. The highest BCUT2D eigenvalue weighted by Gasteiger charge is 2.57. The first-order valence-corrected chi connectivity index (χ1v) is 18.8. The van der Waals surface area contributed by atoms with Crippen LogP contribution in [0.25, 0.3) is 0 Å². The van der Waals surface area contributed by atoms with Crippen molar-refractivity contribution in [2.75, 3.05) is 41.3 Å². The highest BCUT2D eigenvalue weighted by molar-refractivity contribution is 5.97. The molecule has 5 atom stereocenters. The lowest BCUT2D eigenvalue weighted by Gasteiger charge is -2.38. The van der Waals surface area contributed by atoms with Crippen molar-refractivity contribution in [1.82, 2.24) is 20.4 Å². The van der Waals surface area contributed by atoms with Crippen molar-refractivity contribution in [2.45, 2.75) is 110 Å². The number of rotatable bonds is 13. The zero-order valence-corrected chi connectivity index (χ0v) is 33.2. The highest BCUT2D eigenvalue weighted by Crippen LogP contribution is 2.53. The van der Waals surface area contributed by atoms with Crippen molar-refractivity contribution in [3.8, 4) is 6.07 Å². The van der Waals surface area contributed by atoms with Gasteiger partial charge in [0.1, 0.15) is 11.9 Å². The Kier molecular flexibility index (Phi) is 19.5. The Morgan fingerprint density at radius 2 is 1.88 bits per heavy atom. The maximum atomic E-state index is 12.7. The van der Waals surface area contributed by atoms with Crippen molar-refractivity contribution in [1.29, 1.82) is 5.26 Å². The Labute approximate surface area is 305 Å². The molecule has 1 aromatic carbocycles. The number of nitrogens with zero attached hydrogens (tertiary/aromatic N) is 4. The molecule has 8 heteroatoms. The Bertz CT molecular complexity index is 1370. The van der Waals surface area contributed by atoms with Gasteiger partial charge in [-0.05, 0) is 110 Å². The minimum atomic E-state index is -0.549. The van der Waals surface area contributed by atoms with Crippen LogP contribution >= 0.6 is 0 Å². The van der Waals surface area contributed by atoms with Gasteiger partial charge in [0.25, 0.3) is 5.91 Å². The number of hydrogen-bond acceptors (Lipinski definition) is 6. The van der Waals surface area contributed by atoms with Crippen LogP contribution in [0.4, 0.5) is 0 Å². The number of aryl methyl sites for hydroxylation is 1. The summed E-state index contributed by atoms with van der Waals surface area (Å²) >= 11 is 0. The topological polar surface area (TPSA) is 110 Å². The quantitative estimate of drug-likeness (QED) is 0.111. The Hall–Kier alpha value is -3.83. The van der Waals surface area contributed by atoms with Gasteiger partial charge in [-0.2, -0.15) is 5.26 Å². The van der Waals surface area contributed by atoms with Gasteiger partial charge < -0.3 is 26.2 Å². The summed E-state index contributed by atoms with van der Waals surface area (Å²) in [5.74, 6) is 2.18. The fourth-order valence-corrected chi connectivity index (χ4v) is 7.34. The van der Waals surface area contributed by atoms with Crippen molar-refractivity contribution >= 4 is 11.7 Å². The number of aliphatic imine (C=N–C) groups is 1. The van der Waals surface area contributed by atoms with Crippen LogP contribution < -0.4 is 16.4 Å². The van der Waals surface area contributed by atoms with Gasteiger partial charge in [0, 0.05) is 45.5 Å². The fourth-order valence-electron chi connectivity index (χ4n) is 7.34. The molecule has 8 nitrogen and oxygen atoms in total. The third-order valence-corrected chi connectivity index (χ3v) is 9.97. The summed E-state index contributed by atoms with van der Waals surface area (Å²) in [4.78, 5) is 21.0. The zero-order chi connectivity index (χ0) is 38.0. The van der Waals surface area contributed by atoms with E-state index in [0.29, 0.717) is 17.4 Å². The summed E-state index contributed by atoms with van der Waals surface area (Å²) in [5.41, 5.74) is 12.8. The molecule has 1 heterocycles. The lowest BCUT2D eigenvalue weighted by molar-refractivity contribution is 0.0827. The summed E-state index contributed by atoms with van der Waals surface area (Å²) < 4.78 is 0. The summed E-state index contributed by atoms with van der Waals surface area (Å²) in [5, 5.41) is 15.4. The standard InChI is InChI=1S/C28H43N5O.C9H12N2.C3H8.C2H6/c1-8-21-13-14-22-19-23(26(34)33(6)7)15-16-25(22)28(27(29)31-5,17-18-32-9-2)24(21)12-10-11-20(3)30-4;1-3-11-7(5-10)4-8-6(2)9(8)11;1-3-2;1-2/h8,15-16,19,30,32H,1,3,9-14,17-18H2,2,4-7H3,(H2,29,31);3,6-9H,1,4H2,2H3;3H2,1-2H3;1-2H3. The smallest absolute Gasteiger partial charge is 0.253 e. The molecule has 4 N–H and O–H groups in total. The van der Waals surface area contributed by atoms with E-state index in [-0.39, 0.29) is 11.9 Å². The molecule has 1 saturated heterocycles. The summed E-state index contributed by atoms with van der Waals surface area (Å²) in [7, 11) is 7.25. The Balaban J connectivity index is 0.000000640. The number of amides is 1. The molecule has 3 aliphatic rings. The number of carbonyl (C=O) groups is 1. The first-order valence-electron chi connectivity index (χ1n) is 18.8. The lowest BCUT2D eigenvalue weighted by atomic mass is 9.67. The van der Waals surface area contributed by atoms with Gasteiger partial charge in [-0.25, -0.2) is 0 Å². The van der Waals surface area contributed by atoms with Crippen molar-refractivity contribution in [3.05, 3.63) is 83.7 Å². The first-order chi connectivity index (χ1) is 24.0. The maximum Gasteiger partial charge on any atom is 0.253 e. The molecular weight excluding hydrogens is 619 g/mol. The molecule has 2 fully saturated rings. The molecule has 0 aromatic heterocycles. The normalized spacial score (nSPS) is 23.1. The number of amidine groups is 1. The number of allylic oxidation sites excluding steroid dienone is 3. The van der Waals surface area contributed by atoms with E-state index in [9.17, 15) is 4.79 Å². The monoisotopic (exact) mass is 688 g/mol. The molecule has 0 spiro atoms. The largest absolute Gasteiger partial charge is 0.392 e. The number of nitrogens with one attached hydrogen (secondary N) is 2. The number of fused-ring (bicyclic) bond motifs is 2. The van der Waals surface area contributed by atoms with Crippen LogP contribution in [0.1, 0.15) is 108 Å². The summed E-state index contributed by atoms with van der Waals surface area (Å²) in [6, 6.07) is 9.14. The summed E-state index contributed by atoms with van der Waals surface area (Å²) in [6.45, 7) is 26.3. The van der Waals surface area contributed by atoms with Crippen LogP contribution in [0, 0.1) is 23.2 Å². The molecule has 1 saturated carbocycles. The molecule has 4 rings (SSSR count). The van der Waals surface area contributed by atoms with Gasteiger partial charge >= 0.3 is 0 Å². The van der Waals surface area contributed by atoms with Crippen LogP contribution in [-0.2, 0) is 11.8 Å².